The third kappa shape index (κ3) is 2.91. The van der Waals surface area contributed by atoms with Crippen LogP contribution in [0.3, 0.4) is 0 Å². The summed E-state index contributed by atoms with van der Waals surface area (Å²) in [6.07, 6.45) is 0. The molecule has 0 amide bonds. The van der Waals surface area contributed by atoms with E-state index in [1.807, 2.05) is 19.2 Å². The molecule has 0 unspecified atom stereocenters. The molecule has 0 saturated carbocycles. The molecule has 1 aromatic carbocycles. The fourth-order valence-corrected chi connectivity index (χ4v) is 2.58. The summed E-state index contributed by atoms with van der Waals surface area (Å²) < 4.78 is 5.21. The Bertz CT molecular complexity index is 482. The van der Waals surface area contributed by atoms with Crippen LogP contribution in [0.4, 0.5) is 0 Å². The molecular weight excluding hydrogens is 232 g/mol. The van der Waals surface area contributed by atoms with Crippen molar-refractivity contribution >= 4 is 11.3 Å². The molecule has 90 valence electrons. The molecule has 0 fully saturated rings. The predicted molar refractivity (Wildman–Crippen MR) is 71.0 cm³/mol. The highest BCUT2D eigenvalue weighted by atomic mass is 32.1. The first kappa shape index (κ1) is 12.2. The zero-order valence-corrected chi connectivity index (χ0v) is 10.9. The van der Waals surface area contributed by atoms with Crippen molar-refractivity contribution in [1.29, 1.82) is 0 Å². The van der Waals surface area contributed by atoms with Crippen molar-refractivity contribution in [3.05, 3.63) is 40.9 Å². The maximum absolute atomic E-state index is 5.21. The SMILES string of the molecule is CNCc1csc(-c2ccccc2COC)n1. The molecule has 0 aliphatic carbocycles. The Hall–Kier alpha value is -1.23. The van der Waals surface area contributed by atoms with Crippen LogP contribution >= 0.6 is 11.3 Å². The van der Waals surface area contributed by atoms with Crippen LogP contribution in [-0.2, 0) is 17.9 Å². The van der Waals surface area contributed by atoms with Crippen LogP contribution in [0.1, 0.15) is 11.3 Å². The predicted octanol–water partition coefficient (Wildman–Crippen LogP) is 2.68. The largest absolute Gasteiger partial charge is 0.380 e. The molecule has 0 atom stereocenters. The number of nitrogens with zero attached hydrogens (tertiary/aromatic N) is 1. The molecule has 2 aromatic rings. The molecule has 1 N–H and O–H groups in total. The average Bonchev–Trinajstić information content (AvgIpc) is 2.79. The van der Waals surface area contributed by atoms with Gasteiger partial charge in [-0.05, 0) is 12.6 Å². The highest BCUT2D eigenvalue weighted by Crippen LogP contribution is 2.27. The maximum Gasteiger partial charge on any atom is 0.124 e. The molecule has 0 saturated heterocycles. The second-order valence-electron chi connectivity index (χ2n) is 3.76. The summed E-state index contributed by atoms with van der Waals surface area (Å²) in [5.41, 5.74) is 3.43. The van der Waals surface area contributed by atoms with Gasteiger partial charge in [-0.15, -0.1) is 11.3 Å². The third-order valence-corrected chi connectivity index (χ3v) is 3.38. The van der Waals surface area contributed by atoms with E-state index in [0.717, 1.165) is 17.2 Å². The molecular formula is C13H16N2OS. The molecule has 0 radical (unpaired) electrons. The molecule has 1 aromatic heterocycles. The standard InChI is InChI=1S/C13H16N2OS/c1-14-7-11-9-17-13(15-11)12-6-4-3-5-10(12)8-16-2/h3-6,9,14H,7-8H2,1-2H3. The van der Waals surface area contributed by atoms with Crippen molar-refractivity contribution < 1.29 is 4.74 Å². The zero-order chi connectivity index (χ0) is 12.1. The maximum atomic E-state index is 5.21. The fraction of sp³-hybridized carbons (Fsp3) is 0.308. The molecule has 17 heavy (non-hydrogen) atoms. The van der Waals surface area contributed by atoms with Crippen molar-refractivity contribution in [2.24, 2.45) is 0 Å². The summed E-state index contributed by atoms with van der Waals surface area (Å²) in [4.78, 5) is 4.61. The summed E-state index contributed by atoms with van der Waals surface area (Å²) in [6, 6.07) is 8.24. The fourth-order valence-electron chi connectivity index (χ4n) is 1.70. The van der Waals surface area contributed by atoms with E-state index >= 15 is 0 Å². The van der Waals surface area contributed by atoms with Gasteiger partial charge in [-0.2, -0.15) is 0 Å². The molecule has 4 heteroatoms. The van der Waals surface area contributed by atoms with Gasteiger partial charge in [0.05, 0.1) is 12.3 Å². The first-order valence-electron chi connectivity index (χ1n) is 5.51. The lowest BCUT2D eigenvalue weighted by Gasteiger charge is -2.05. The van der Waals surface area contributed by atoms with E-state index in [1.165, 1.54) is 11.1 Å². The van der Waals surface area contributed by atoms with Crippen LogP contribution in [0.2, 0.25) is 0 Å². The Balaban J connectivity index is 2.31. The van der Waals surface area contributed by atoms with Crippen LogP contribution in [0.25, 0.3) is 10.6 Å². The van der Waals surface area contributed by atoms with Crippen LogP contribution in [0.5, 0.6) is 0 Å². The van der Waals surface area contributed by atoms with Crippen molar-refractivity contribution in [3.8, 4) is 10.6 Å². The Labute approximate surface area is 105 Å². The van der Waals surface area contributed by atoms with E-state index in [4.69, 9.17) is 4.74 Å². The summed E-state index contributed by atoms with van der Waals surface area (Å²) >= 11 is 1.68. The lowest BCUT2D eigenvalue weighted by Crippen LogP contribution is -2.05. The van der Waals surface area contributed by atoms with Crippen molar-refractivity contribution in [2.75, 3.05) is 14.2 Å². The van der Waals surface area contributed by atoms with Gasteiger partial charge in [0.2, 0.25) is 0 Å². The Morgan fingerprint density at radius 1 is 1.35 bits per heavy atom. The summed E-state index contributed by atoms with van der Waals surface area (Å²) in [5.74, 6) is 0. The number of ether oxygens (including phenoxy) is 1. The Kier molecular flexibility index (Phi) is 4.25. The van der Waals surface area contributed by atoms with E-state index in [-0.39, 0.29) is 0 Å². The molecule has 0 aliphatic rings. The minimum Gasteiger partial charge on any atom is -0.380 e. The van der Waals surface area contributed by atoms with E-state index in [2.05, 4.69) is 27.8 Å². The molecule has 0 aliphatic heterocycles. The number of methoxy groups -OCH3 is 1. The quantitative estimate of drug-likeness (QED) is 0.883. The van der Waals surface area contributed by atoms with Gasteiger partial charge in [0.1, 0.15) is 5.01 Å². The molecule has 2 rings (SSSR count). The minimum atomic E-state index is 0.622. The van der Waals surface area contributed by atoms with Gasteiger partial charge >= 0.3 is 0 Å². The average molecular weight is 248 g/mol. The van der Waals surface area contributed by atoms with Crippen LogP contribution < -0.4 is 5.32 Å². The summed E-state index contributed by atoms with van der Waals surface area (Å²) in [7, 11) is 3.64. The van der Waals surface area contributed by atoms with E-state index in [1.54, 1.807) is 18.4 Å². The van der Waals surface area contributed by atoms with Crippen molar-refractivity contribution in [3.63, 3.8) is 0 Å². The number of rotatable bonds is 5. The normalized spacial score (nSPS) is 10.7. The van der Waals surface area contributed by atoms with Gasteiger partial charge in [0.25, 0.3) is 0 Å². The number of hydrogen-bond acceptors (Lipinski definition) is 4. The molecule has 3 nitrogen and oxygen atoms in total. The zero-order valence-electron chi connectivity index (χ0n) is 10.1. The smallest absolute Gasteiger partial charge is 0.124 e. The van der Waals surface area contributed by atoms with Crippen molar-refractivity contribution in [2.45, 2.75) is 13.2 Å². The van der Waals surface area contributed by atoms with Gasteiger partial charge in [-0.1, -0.05) is 24.3 Å². The monoisotopic (exact) mass is 248 g/mol. The number of thiazole rings is 1. The molecule has 0 bridgehead atoms. The highest BCUT2D eigenvalue weighted by Gasteiger charge is 2.08. The minimum absolute atomic E-state index is 0.622. The number of aromatic nitrogens is 1. The van der Waals surface area contributed by atoms with Crippen LogP contribution in [0, 0.1) is 0 Å². The van der Waals surface area contributed by atoms with Crippen LogP contribution in [-0.4, -0.2) is 19.1 Å². The van der Waals surface area contributed by atoms with Gasteiger partial charge in [-0.3, -0.25) is 0 Å². The first-order valence-corrected chi connectivity index (χ1v) is 6.39. The van der Waals surface area contributed by atoms with E-state index in [9.17, 15) is 0 Å². The van der Waals surface area contributed by atoms with Gasteiger partial charge in [0.15, 0.2) is 0 Å². The lowest BCUT2D eigenvalue weighted by molar-refractivity contribution is 0.185. The second kappa shape index (κ2) is 5.91. The number of nitrogens with one attached hydrogen (secondary N) is 1. The lowest BCUT2D eigenvalue weighted by atomic mass is 10.1. The Morgan fingerprint density at radius 3 is 2.94 bits per heavy atom. The summed E-state index contributed by atoms with van der Waals surface area (Å²) in [5, 5.41) is 6.26. The topological polar surface area (TPSA) is 34.1 Å². The number of benzene rings is 1. The van der Waals surface area contributed by atoms with Gasteiger partial charge in [0, 0.05) is 24.6 Å². The van der Waals surface area contributed by atoms with E-state index in [0.29, 0.717) is 6.61 Å². The van der Waals surface area contributed by atoms with Crippen molar-refractivity contribution in [1.82, 2.24) is 10.3 Å². The third-order valence-electron chi connectivity index (χ3n) is 2.46. The van der Waals surface area contributed by atoms with E-state index < -0.39 is 0 Å². The highest BCUT2D eigenvalue weighted by molar-refractivity contribution is 7.13. The molecule has 1 heterocycles. The Morgan fingerprint density at radius 2 is 2.18 bits per heavy atom. The van der Waals surface area contributed by atoms with Crippen LogP contribution in [0.15, 0.2) is 29.6 Å². The second-order valence-corrected chi connectivity index (χ2v) is 4.62. The van der Waals surface area contributed by atoms with Gasteiger partial charge < -0.3 is 10.1 Å². The first-order chi connectivity index (χ1) is 8.35. The summed E-state index contributed by atoms with van der Waals surface area (Å²) in [6.45, 7) is 1.43. The molecule has 0 spiro atoms. The van der Waals surface area contributed by atoms with Gasteiger partial charge in [-0.25, -0.2) is 4.98 Å². The number of hydrogen-bond donors (Lipinski definition) is 1.